The molecule has 130 valence electrons. The lowest BCUT2D eigenvalue weighted by atomic mass is 9.84. The van der Waals surface area contributed by atoms with E-state index in [1.54, 1.807) is 0 Å². The van der Waals surface area contributed by atoms with E-state index in [-0.39, 0.29) is 17.9 Å². The summed E-state index contributed by atoms with van der Waals surface area (Å²) in [6.45, 7) is 2.33. The van der Waals surface area contributed by atoms with Gasteiger partial charge in [-0.1, -0.05) is 19.3 Å². The zero-order chi connectivity index (χ0) is 15.8. The van der Waals surface area contributed by atoms with Crippen molar-refractivity contribution < 1.29 is 4.79 Å². The molecule has 1 amide bonds. The number of amides is 1. The molecule has 1 aliphatic heterocycles. The summed E-state index contributed by atoms with van der Waals surface area (Å²) in [6.07, 6.45) is 12.9. The first-order valence-electron chi connectivity index (χ1n) is 10.0. The van der Waals surface area contributed by atoms with Crippen molar-refractivity contribution in [2.45, 2.75) is 82.3 Å². The van der Waals surface area contributed by atoms with E-state index >= 15 is 0 Å². The van der Waals surface area contributed by atoms with E-state index in [1.807, 2.05) is 0 Å². The summed E-state index contributed by atoms with van der Waals surface area (Å²) in [5, 5.41) is 3.35. The van der Waals surface area contributed by atoms with Crippen molar-refractivity contribution in [3.8, 4) is 0 Å². The predicted molar refractivity (Wildman–Crippen MR) is 91.9 cm³/mol. The van der Waals surface area contributed by atoms with E-state index in [0.717, 1.165) is 18.9 Å². The maximum Gasteiger partial charge on any atom is 0.225 e. The molecule has 4 aliphatic rings. The van der Waals surface area contributed by atoms with Crippen LogP contribution in [0.15, 0.2) is 0 Å². The maximum atomic E-state index is 12.7. The van der Waals surface area contributed by atoms with Gasteiger partial charge in [-0.15, -0.1) is 0 Å². The number of nitrogens with one attached hydrogen (secondary N) is 1. The summed E-state index contributed by atoms with van der Waals surface area (Å²) in [5.41, 5.74) is 6.32. The molecule has 3 N–H and O–H groups in total. The molecule has 0 spiro atoms. The number of carbonyl (C=O) groups excluding carboxylic acids is 1. The van der Waals surface area contributed by atoms with Crippen LogP contribution in [0.4, 0.5) is 0 Å². The summed E-state index contributed by atoms with van der Waals surface area (Å²) in [6, 6.07) is 1.32. The molecule has 4 fully saturated rings. The Labute approximate surface area is 140 Å². The van der Waals surface area contributed by atoms with E-state index in [1.165, 1.54) is 64.5 Å². The standard InChI is InChI=1S/C19H33N3O/c20-18-14-7-6-13(12-14)17(18)19(23)21-15-8-10-22(11-9-15)16-4-2-1-3-5-16/h13-18H,1-12,20H2,(H,21,23). The number of nitrogens with zero attached hydrogens (tertiary/aromatic N) is 1. The molecule has 23 heavy (non-hydrogen) atoms. The van der Waals surface area contributed by atoms with Crippen LogP contribution in [0.2, 0.25) is 0 Å². The van der Waals surface area contributed by atoms with Crippen LogP contribution in [0, 0.1) is 17.8 Å². The molecule has 4 unspecified atom stereocenters. The number of nitrogens with two attached hydrogens (primary N) is 1. The fourth-order valence-corrected chi connectivity index (χ4v) is 5.88. The van der Waals surface area contributed by atoms with Crippen LogP contribution in [0.5, 0.6) is 0 Å². The lowest BCUT2D eigenvalue weighted by Crippen LogP contribution is -2.52. The van der Waals surface area contributed by atoms with Crippen molar-refractivity contribution in [1.82, 2.24) is 10.2 Å². The second-order valence-electron chi connectivity index (χ2n) is 8.55. The summed E-state index contributed by atoms with van der Waals surface area (Å²) < 4.78 is 0. The summed E-state index contributed by atoms with van der Waals surface area (Å²) in [4.78, 5) is 15.4. The van der Waals surface area contributed by atoms with Crippen LogP contribution >= 0.6 is 0 Å². The smallest absolute Gasteiger partial charge is 0.225 e. The number of rotatable bonds is 3. The zero-order valence-corrected chi connectivity index (χ0v) is 14.4. The molecular formula is C19H33N3O. The number of hydrogen-bond donors (Lipinski definition) is 2. The molecule has 2 bridgehead atoms. The average Bonchev–Trinajstić information content (AvgIpc) is 3.17. The van der Waals surface area contributed by atoms with Crippen LogP contribution in [0.25, 0.3) is 0 Å². The molecule has 4 atom stereocenters. The molecular weight excluding hydrogens is 286 g/mol. The summed E-state index contributed by atoms with van der Waals surface area (Å²) in [7, 11) is 0. The van der Waals surface area contributed by atoms with Crippen molar-refractivity contribution in [1.29, 1.82) is 0 Å². The van der Waals surface area contributed by atoms with Crippen molar-refractivity contribution in [3.63, 3.8) is 0 Å². The number of likely N-dealkylation sites (tertiary alicyclic amines) is 1. The van der Waals surface area contributed by atoms with Gasteiger partial charge < -0.3 is 16.0 Å². The maximum absolute atomic E-state index is 12.7. The lowest BCUT2D eigenvalue weighted by Gasteiger charge is -2.40. The van der Waals surface area contributed by atoms with Gasteiger partial charge in [-0.2, -0.15) is 0 Å². The number of carbonyl (C=O) groups is 1. The molecule has 4 nitrogen and oxygen atoms in total. The SMILES string of the molecule is NC1C2CCC(C2)C1C(=O)NC1CCN(C2CCCCC2)CC1. The van der Waals surface area contributed by atoms with E-state index in [9.17, 15) is 4.79 Å². The monoisotopic (exact) mass is 319 g/mol. The van der Waals surface area contributed by atoms with Crippen LogP contribution in [0.3, 0.4) is 0 Å². The summed E-state index contributed by atoms with van der Waals surface area (Å²) in [5.74, 6) is 1.55. The van der Waals surface area contributed by atoms with Crippen molar-refractivity contribution in [3.05, 3.63) is 0 Å². The Morgan fingerprint density at radius 1 is 0.913 bits per heavy atom. The largest absolute Gasteiger partial charge is 0.353 e. The van der Waals surface area contributed by atoms with Gasteiger partial charge in [0, 0.05) is 31.2 Å². The molecule has 1 heterocycles. The third-order valence-corrected chi connectivity index (χ3v) is 7.25. The van der Waals surface area contributed by atoms with E-state index in [0.29, 0.717) is 17.9 Å². The first-order chi connectivity index (χ1) is 11.2. The molecule has 0 aromatic heterocycles. The van der Waals surface area contributed by atoms with Crippen LogP contribution < -0.4 is 11.1 Å². The van der Waals surface area contributed by atoms with E-state index in [4.69, 9.17) is 5.73 Å². The van der Waals surface area contributed by atoms with Crippen molar-refractivity contribution in [2.75, 3.05) is 13.1 Å². The molecule has 0 radical (unpaired) electrons. The fourth-order valence-electron chi connectivity index (χ4n) is 5.88. The normalized spacial score (nSPS) is 39.7. The molecule has 1 saturated heterocycles. The quantitative estimate of drug-likeness (QED) is 0.839. The molecule has 0 aromatic carbocycles. The Bertz CT molecular complexity index is 424. The Kier molecular flexibility index (Phi) is 4.64. The van der Waals surface area contributed by atoms with Crippen molar-refractivity contribution >= 4 is 5.91 Å². The van der Waals surface area contributed by atoms with Crippen molar-refractivity contribution in [2.24, 2.45) is 23.5 Å². The first-order valence-corrected chi connectivity index (χ1v) is 10.0. The van der Waals surface area contributed by atoms with Gasteiger partial charge in [0.25, 0.3) is 0 Å². The Morgan fingerprint density at radius 2 is 1.61 bits per heavy atom. The highest BCUT2D eigenvalue weighted by Gasteiger charge is 2.49. The zero-order valence-electron chi connectivity index (χ0n) is 14.4. The molecule has 4 rings (SSSR count). The van der Waals surface area contributed by atoms with E-state index in [2.05, 4.69) is 10.2 Å². The highest BCUT2D eigenvalue weighted by molar-refractivity contribution is 5.80. The van der Waals surface area contributed by atoms with Gasteiger partial charge in [-0.25, -0.2) is 0 Å². The minimum absolute atomic E-state index is 0.102. The van der Waals surface area contributed by atoms with Gasteiger partial charge in [0.2, 0.25) is 5.91 Å². The van der Waals surface area contributed by atoms with E-state index < -0.39 is 0 Å². The number of piperidine rings is 1. The van der Waals surface area contributed by atoms with Crippen LogP contribution in [-0.2, 0) is 4.79 Å². The molecule has 3 saturated carbocycles. The minimum atomic E-state index is 0.102. The van der Waals surface area contributed by atoms with Gasteiger partial charge in [0.1, 0.15) is 0 Å². The average molecular weight is 319 g/mol. The highest BCUT2D eigenvalue weighted by Crippen LogP contribution is 2.47. The topological polar surface area (TPSA) is 58.4 Å². The second kappa shape index (κ2) is 6.72. The van der Waals surface area contributed by atoms with Crippen LogP contribution in [-0.4, -0.2) is 42.0 Å². The van der Waals surface area contributed by atoms with Gasteiger partial charge in [-0.3, -0.25) is 4.79 Å². The third-order valence-electron chi connectivity index (χ3n) is 7.25. The van der Waals surface area contributed by atoms with Gasteiger partial charge >= 0.3 is 0 Å². The van der Waals surface area contributed by atoms with Gasteiger partial charge in [0.05, 0.1) is 5.92 Å². The Hall–Kier alpha value is -0.610. The van der Waals surface area contributed by atoms with Gasteiger partial charge in [0.15, 0.2) is 0 Å². The number of hydrogen-bond acceptors (Lipinski definition) is 3. The minimum Gasteiger partial charge on any atom is -0.353 e. The Balaban J connectivity index is 1.25. The molecule has 4 heteroatoms. The van der Waals surface area contributed by atoms with Crippen LogP contribution in [0.1, 0.15) is 64.2 Å². The summed E-state index contributed by atoms with van der Waals surface area (Å²) >= 11 is 0. The number of fused-ring (bicyclic) bond motifs is 2. The second-order valence-corrected chi connectivity index (χ2v) is 8.55. The van der Waals surface area contributed by atoms with Gasteiger partial charge in [-0.05, 0) is 56.8 Å². The molecule has 0 aromatic rings. The lowest BCUT2D eigenvalue weighted by molar-refractivity contribution is -0.128. The Morgan fingerprint density at radius 3 is 2.26 bits per heavy atom. The first kappa shape index (κ1) is 15.9. The third kappa shape index (κ3) is 3.17. The predicted octanol–water partition coefficient (Wildman–Crippen LogP) is 2.27. The highest BCUT2D eigenvalue weighted by atomic mass is 16.2. The fraction of sp³-hybridized carbons (Fsp3) is 0.947. The molecule has 3 aliphatic carbocycles.